The Morgan fingerprint density at radius 3 is 2.41 bits per heavy atom. The van der Waals surface area contributed by atoms with Crippen LogP contribution in [0.5, 0.6) is 0 Å². The highest BCUT2D eigenvalue weighted by Gasteiger charge is 2.19. The van der Waals surface area contributed by atoms with E-state index in [0.29, 0.717) is 12.3 Å². The van der Waals surface area contributed by atoms with Gasteiger partial charge < -0.3 is 10.6 Å². The molecule has 1 saturated heterocycles. The van der Waals surface area contributed by atoms with E-state index in [4.69, 9.17) is 5.73 Å². The first-order valence-electron chi connectivity index (χ1n) is 8.53. The molecule has 0 aliphatic carbocycles. The third kappa shape index (κ3) is 5.34. The zero-order valence-electron chi connectivity index (χ0n) is 13.8. The predicted molar refractivity (Wildman–Crippen MR) is 91.7 cm³/mol. The van der Waals surface area contributed by atoms with Crippen molar-refractivity contribution in [2.45, 2.75) is 39.0 Å². The molecule has 22 heavy (non-hydrogen) atoms. The number of nitrogens with zero attached hydrogens (tertiary/aromatic N) is 2. The number of nitrogens with two attached hydrogens (primary N) is 1. The summed E-state index contributed by atoms with van der Waals surface area (Å²) in [5.41, 5.74) is 7.88. The SMILES string of the molecule is CCCCC(=O)N1CCN(CCCc2ccc(N)cc2)CC1. The van der Waals surface area contributed by atoms with Gasteiger partial charge in [-0.1, -0.05) is 25.5 Å². The van der Waals surface area contributed by atoms with Gasteiger partial charge in [0.2, 0.25) is 5.91 Å². The number of hydrogen-bond donors (Lipinski definition) is 1. The normalized spacial score (nSPS) is 16.0. The molecule has 1 aliphatic rings. The van der Waals surface area contributed by atoms with Crippen molar-refractivity contribution in [1.82, 2.24) is 9.80 Å². The lowest BCUT2D eigenvalue weighted by atomic mass is 10.1. The smallest absolute Gasteiger partial charge is 0.222 e. The average Bonchev–Trinajstić information content (AvgIpc) is 2.55. The number of amides is 1. The van der Waals surface area contributed by atoms with Crippen molar-refractivity contribution in [1.29, 1.82) is 0 Å². The number of benzene rings is 1. The molecule has 1 heterocycles. The molecule has 2 N–H and O–H groups in total. The van der Waals surface area contributed by atoms with Crippen molar-refractivity contribution in [3.8, 4) is 0 Å². The number of carbonyl (C=O) groups is 1. The number of carbonyl (C=O) groups excluding carboxylic acids is 1. The summed E-state index contributed by atoms with van der Waals surface area (Å²) in [6.45, 7) is 7.06. The minimum Gasteiger partial charge on any atom is -0.399 e. The predicted octanol–water partition coefficient (Wildman–Crippen LogP) is 2.54. The second kappa shape index (κ2) is 8.79. The minimum atomic E-state index is 0.336. The molecule has 0 unspecified atom stereocenters. The van der Waals surface area contributed by atoms with Gasteiger partial charge in [-0.15, -0.1) is 0 Å². The molecular formula is C18H29N3O. The minimum absolute atomic E-state index is 0.336. The van der Waals surface area contributed by atoms with Gasteiger partial charge in [-0.3, -0.25) is 9.69 Å². The number of anilines is 1. The summed E-state index contributed by atoms with van der Waals surface area (Å²) in [4.78, 5) is 16.5. The summed E-state index contributed by atoms with van der Waals surface area (Å²) >= 11 is 0. The van der Waals surface area contributed by atoms with Gasteiger partial charge >= 0.3 is 0 Å². The van der Waals surface area contributed by atoms with E-state index in [1.54, 1.807) is 0 Å². The van der Waals surface area contributed by atoms with Crippen LogP contribution in [0.4, 0.5) is 5.69 Å². The standard InChI is InChI=1S/C18H29N3O/c1-2-3-6-18(22)21-14-12-20(13-15-21)11-4-5-16-7-9-17(19)10-8-16/h7-10H,2-6,11-15,19H2,1H3. The van der Waals surface area contributed by atoms with Crippen LogP contribution in [-0.2, 0) is 11.2 Å². The summed E-state index contributed by atoms with van der Waals surface area (Å²) in [5.74, 6) is 0.336. The Bertz CT molecular complexity index is 450. The lowest BCUT2D eigenvalue weighted by Gasteiger charge is -2.34. The van der Waals surface area contributed by atoms with E-state index in [0.717, 1.165) is 64.1 Å². The van der Waals surface area contributed by atoms with Crippen LogP contribution in [0.1, 0.15) is 38.2 Å². The quantitative estimate of drug-likeness (QED) is 0.788. The Hall–Kier alpha value is -1.55. The van der Waals surface area contributed by atoms with Crippen molar-refractivity contribution in [2.24, 2.45) is 0 Å². The fourth-order valence-electron chi connectivity index (χ4n) is 2.90. The highest BCUT2D eigenvalue weighted by Crippen LogP contribution is 2.10. The van der Waals surface area contributed by atoms with Crippen LogP contribution >= 0.6 is 0 Å². The van der Waals surface area contributed by atoms with Gasteiger partial charge in [0, 0.05) is 38.3 Å². The molecule has 0 saturated carbocycles. The highest BCUT2D eigenvalue weighted by molar-refractivity contribution is 5.76. The number of aryl methyl sites for hydroxylation is 1. The van der Waals surface area contributed by atoms with E-state index < -0.39 is 0 Å². The third-order valence-corrected chi connectivity index (χ3v) is 4.39. The zero-order valence-corrected chi connectivity index (χ0v) is 13.8. The molecule has 0 atom stereocenters. The zero-order chi connectivity index (χ0) is 15.8. The summed E-state index contributed by atoms with van der Waals surface area (Å²) in [5, 5.41) is 0. The number of hydrogen-bond acceptors (Lipinski definition) is 3. The van der Waals surface area contributed by atoms with Gasteiger partial charge in [-0.25, -0.2) is 0 Å². The van der Waals surface area contributed by atoms with Gasteiger partial charge in [-0.05, 0) is 43.5 Å². The van der Waals surface area contributed by atoms with Crippen LogP contribution in [0, 0.1) is 0 Å². The molecular weight excluding hydrogens is 274 g/mol. The molecule has 1 fully saturated rings. The highest BCUT2D eigenvalue weighted by atomic mass is 16.2. The first-order valence-corrected chi connectivity index (χ1v) is 8.53. The molecule has 4 heteroatoms. The number of piperazine rings is 1. The summed E-state index contributed by atoms with van der Waals surface area (Å²) in [6, 6.07) is 8.16. The van der Waals surface area contributed by atoms with Crippen LogP contribution in [-0.4, -0.2) is 48.4 Å². The monoisotopic (exact) mass is 303 g/mol. The summed E-state index contributed by atoms with van der Waals surface area (Å²) in [6.07, 6.45) is 5.08. The lowest BCUT2D eigenvalue weighted by molar-refractivity contribution is -0.133. The largest absolute Gasteiger partial charge is 0.399 e. The van der Waals surface area contributed by atoms with Gasteiger partial charge in [0.05, 0.1) is 0 Å². The molecule has 2 rings (SSSR count). The molecule has 1 amide bonds. The molecule has 0 radical (unpaired) electrons. The van der Waals surface area contributed by atoms with Gasteiger partial charge in [0.1, 0.15) is 0 Å². The van der Waals surface area contributed by atoms with Crippen molar-refractivity contribution in [3.05, 3.63) is 29.8 Å². The molecule has 0 aromatic heterocycles. The first kappa shape index (κ1) is 16.8. The average molecular weight is 303 g/mol. The Balaban J connectivity index is 1.63. The van der Waals surface area contributed by atoms with Crippen molar-refractivity contribution >= 4 is 11.6 Å². The van der Waals surface area contributed by atoms with E-state index in [9.17, 15) is 4.79 Å². The maximum absolute atomic E-state index is 12.0. The fourth-order valence-corrected chi connectivity index (χ4v) is 2.90. The van der Waals surface area contributed by atoms with Gasteiger partial charge in [0.15, 0.2) is 0 Å². The molecule has 0 bridgehead atoms. The third-order valence-electron chi connectivity index (χ3n) is 4.39. The first-order chi connectivity index (χ1) is 10.7. The van der Waals surface area contributed by atoms with Gasteiger partial charge in [-0.2, -0.15) is 0 Å². The maximum Gasteiger partial charge on any atom is 0.222 e. The van der Waals surface area contributed by atoms with E-state index >= 15 is 0 Å². The van der Waals surface area contributed by atoms with Crippen LogP contribution in [0.2, 0.25) is 0 Å². The number of rotatable bonds is 7. The molecule has 122 valence electrons. The molecule has 1 aromatic carbocycles. The second-order valence-electron chi connectivity index (χ2n) is 6.17. The molecule has 1 aliphatic heterocycles. The molecule has 1 aromatic rings. The van der Waals surface area contributed by atoms with Crippen molar-refractivity contribution in [2.75, 3.05) is 38.5 Å². The van der Waals surface area contributed by atoms with Crippen LogP contribution in [0.3, 0.4) is 0 Å². The maximum atomic E-state index is 12.0. The Morgan fingerprint density at radius 1 is 1.09 bits per heavy atom. The number of unbranched alkanes of at least 4 members (excludes halogenated alkanes) is 1. The molecule has 0 spiro atoms. The van der Waals surface area contributed by atoms with E-state index in [1.807, 2.05) is 17.0 Å². The Labute approximate surface area is 134 Å². The fraction of sp³-hybridized carbons (Fsp3) is 0.611. The van der Waals surface area contributed by atoms with Crippen molar-refractivity contribution < 1.29 is 4.79 Å². The van der Waals surface area contributed by atoms with E-state index in [-0.39, 0.29) is 0 Å². The van der Waals surface area contributed by atoms with Crippen molar-refractivity contribution in [3.63, 3.8) is 0 Å². The molecule has 4 nitrogen and oxygen atoms in total. The Morgan fingerprint density at radius 2 is 1.77 bits per heavy atom. The lowest BCUT2D eigenvalue weighted by Crippen LogP contribution is -2.48. The van der Waals surface area contributed by atoms with Gasteiger partial charge in [0.25, 0.3) is 0 Å². The number of nitrogen functional groups attached to an aromatic ring is 1. The Kier molecular flexibility index (Phi) is 6.72. The summed E-state index contributed by atoms with van der Waals surface area (Å²) < 4.78 is 0. The topological polar surface area (TPSA) is 49.6 Å². The van der Waals surface area contributed by atoms with Crippen LogP contribution in [0.25, 0.3) is 0 Å². The van der Waals surface area contributed by atoms with E-state index in [2.05, 4.69) is 24.0 Å². The van der Waals surface area contributed by atoms with Crippen LogP contribution in [0.15, 0.2) is 24.3 Å². The summed E-state index contributed by atoms with van der Waals surface area (Å²) in [7, 11) is 0. The second-order valence-corrected chi connectivity index (χ2v) is 6.17. The van der Waals surface area contributed by atoms with E-state index in [1.165, 1.54) is 5.56 Å². The van der Waals surface area contributed by atoms with Crippen LogP contribution < -0.4 is 5.73 Å².